The first kappa shape index (κ1) is 25.1. The number of hydrogen-bond acceptors (Lipinski definition) is 3. The van der Waals surface area contributed by atoms with Gasteiger partial charge in [-0.15, -0.1) is 0 Å². The fourth-order valence-corrected chi connectivity index (χ4v) is 9.60. The minimum Gasteiger partial charge on any atom is -0.496 e. The molecule has 1 saturated carbocycles. The van der Waals surface area contributed by atoms with E-state index in [9.17, 15) is 0 Å². The normalized spacial score (nSPS) is 21.9. The Kier molecular flexibility index (Phi) is 7.94. The van der Waals surface area contributed by atoms with Gasteiger partial charge in [0.2, 0.25) is 0 Å². The summed E-state index contributed by atoms with van der Waals surface area (Å²) >= 11 is 0. The van der Waals surface area contributed by atoms with E-state index in [2.05, 4.69) is 84.8 Å². The average Bonchev–Trinajstić information content (AvgIpc) is 3.08. The third kappa shape index (κ3) is 4.70. The summed E-state index contributed by atoms with van der Waals surface area (Å²) < 4.78 is 11.4. The Morgan fingerprint density at radius 1 is 0.812 bits per heavy atom. The van der Waals surface area contributed by atoms with Gasteiger partial charge in [0.1, 0.15) is 11.5 Å². The van der Waals surface area contributed by atoms with E-state index < -0.39 is 7.92 Å². The Morgan fingerprint density at radius 2 is 1.22 bits per heavy atom. The molecule has 4 heteroatoms. The van der Waals surface area contributed by atoms with E-state index in [4.69, 9.17) is 9.47 Å². The summed E-state index contributed by atoms with van der Waals surface area (Å²) in [4.78, 5) is 2.41. The third-order valence-corrected chi connectivity index (χ3v) is 10.7. The molecule has 1 fully saturated rings. The second-order valence-electron chi connectivity index (χ2n) is 10.0. The topological polar surface area (TPSA) is 21.7 Å². The van der Waals surface area contributed by atoms with Gasteiger partial charge >= 0.3 is 0 Å². The zero-order chi connectivity index (χ0) is 23.7. The number of rotatable bonds is 7. The molecule has 1 aliphatic carbocycles. The monoisotopic (exact) mass is 455 g/mol. The van der Waals surface area contributed by atoms with Crippen LogP contribution in [0, 0.1) is 39.5 Å². The highest BCUT2D eigenvalue weighted by atomic mass is 31.1. The third-order valence-electron chi connectivity index (χ3n) is 7.56. The second kappa shape index (κ2) is 10.1. The van der Waals surface area contributed by atoms with Crippen molar-refractivity contribution in [2.45, 2.75) is 66.1 Å². The molecule has 0 saturated heterocycles. The van der Waals surface area contributed by atoms with Crippen molar-refractivity contribution in [2.75, 3.05) is 28.3 Å². The lowest BCUT2D eigenvalue weighted by molar-refractivity contribution is 0.229. The van der Waals surface area contributed by atoms with Crippen molar-refractivity contribution in [3.63, 3.8) is 0 Å². The molecule has 0 aliphatic heterocycles. The van der Waals surface area contributed by atoms with E-state index in [1.54, 1.807) is 14.2 Å². The average molecular weight is 456 g/mol. The van der Waals surface area contributed by atoms with Gasteiger partial charge in [-0.3, -0.25) is 0 Å². The Labute approximate surface area is 197 Å². The lowest BCUT2D eigenvalue weighted by Gasteiger charge is -2.38. The van der Waals surface area contributed by atoms with Crippen LogP contribution in [0.5, 0.6) is 11.5 Å². The first-order valence-electron chi connectivity index (χ1n) is 11.9. The van der Waals surface area contributed by atoms with Crippen molar-refractivity contribution >= 4 is 18.5 Å². The van der Waals surface area contributed by atoms with Gasteiger partial charge in [0.05, 0.1) is 14.2 Å². The minimum atomic E-state index is -0.525. The first-order chi connectivity index (χ1) is 15.1. The molecule has 0 radical (unpaired) electrons. The van der Waals surface area contributed by atoms with Crippen molar-refractivity contribution in [3.05, 3.63) is 46.5 Å². The molecule has 0 bridgehead atoms. The molecule has 4 atom stereocenters. The Morgan fingerprint density at radius 3 is 1.56 bits per heavy atom. The van der Waals surface area contributed by atoms with E-state index in [1.807, 2.05) is 0 Å². The van der Waals surface area contributed by atoms with Crippen LogP contribution in [0.25, 0.3) is 0 Å². The van der Waals surface area contributed by atoms with Crippen LogP contribution in [0.15, 0.2) is 24.3 Å². The van der Waals surface area contributed by atoms with E-state index >= 15 is 0 Å². The molecule has 176 valence electrons. The predicted octanol–water partition coefficient (Wildman–Crippen LogP) is 5.73. The molecule has 0 spiro atoms. The molecular weight excluding hydrogens is 413 g/mol. The van der Waals surface area contributed by atoms with Crippen LogP contribution in [-0.4, -0.2) is 44.9 Å². The van der Waals surface area contributed by atoms with Crippen LogP contribution in [0.4, 0.5) is 0 Å². The zero-order valence-corrected chi connectivity index (χ0v) is 22.6. The van der Waals surface area contributed by atoms with Crippen molar-refractivity contribution < 1.29 is 9.47 Å². The van der Waals surface area contributed by atoms with Crippen LogP contribution in [0.1, 0.15) is 48.9 Å². The number of benzene rings is 2. The number of hydrogen-bond donors (Lipinski definition) is 0. The largest absolute Gasteiger partial charge is 0.496 e. The molecule has 0 N–H and O–H groups in total. The van der Waals surface area contributed by atoms with E-state index in [1.165, 1.54) is 45.7 Å². The molecule has 3 nitrogen and oxygen atoms in total. The summed E-state index contributed by atoms with van der Waals surface area (Å²) in [6.45, 7) is 13.6. The SMILES string of the molecule is COc1c(C)cc(P(c2cc(C)c(OC)c(C)c2)C2C([C@@H](C)N(C)C)CC[C@@H]2C)cc1C. The lowest BCUT2D eigenvalue weighted by atomic mass is 9.97. The molecule has 0 amide bonds. The van der Waals surface area contributed by atoms with Crippen molar-refractivity contribution in [1.82, 2.24) is 4.90 Å². The van der Waals surface area contributed by atoms with Crippen molar-refractivity contribution in [3.8, 4) is 11.5 Å². The van der Waals surface area contributed by atoms with Gasteiger partial charge in [0.15, 0.2) is 0 Å². The summed E-state index contributed by atoms with van der Waals surface area (Å²) in [5, 5.41) is 2.96. The Balaban J connectivity index is 2.23. The number of methoxy groups -OCH3 is 2. The lowest BCUT2D eigenvalue weighted by Crippen LogP contribution is -2.39. The standard InChI is InChI=1S/C28H42NO2P/c1-17-11-12-25(22(6)29(7)8)28(17)32(23-13-18(2)26(30-9)19(3)14-23)24-15-20(4)27(31-10)21(5)16-24/h13-17,22,25,28H,11-12H2,1-10H3/t17-,22+,25?,28?/m0/s1. The van der Waals surface area contributed by atoms with Gasteiger partial charge in [-0.05, 0) is 144 Å². The first-order valence-corrected chi connectivity index (χ1v) is 13.3. The van der Waals surface area contributed by atoms with Crippen LogP contribution >= 0.6 is 7.92 Å². The van der Waals surface area contributed by atoms with Crippen LogP contribution in [-0.2, 0) is 0 Å². The number of nitrogens with zero attached hydrogens (tertiary/aromatic N) is 1. The smallest absolute Gasteiger partial charge is 0.124 e. The molecule has 2 unspecified atom stereocenters. The van der Waals surface area contributed by atoms with E-state index in [0.29, 0.717) is 23.5 Å². The molecule has 1 aliphatic rings. The highest BCUT2D eigenvalue weighted by molar-refractivity contribution is 7.73. The van der Waals surface area contributed by atoms with Gasteiger partial charge in [-0.1, -0.05) is 6.92 Å². The highest BCUT2D eigenvalue weighted by Crippen LogP contribution is 2.54. The maximum atomic E-state index is 5.71. The summed E-state index contributed by atoms with van der Waals surface area (Å²) in [5.41, 5.74) is 5.60. The van der Waals surface area contributed by atoms with Crippen LogP contribution in [0.2, 0.25) is 0 Å². The van der Waals surface area contributed by atoms with Gasteiger partial charge in [-0.2, -0.15) is 0 Å². The molecule has 3 rings (SSSR count). The van der Waals surface area contributed by atoms with Gasteiger partial charge in [-0.25, -0.2) is 0 Å². The molecule has 2 aromatic rings. The molecule has 32 heavy (non-hydrogen) atoms. The van der Waals surface area contributed by atoms with E-state index in [0.717, 1.165) is 11.5 Å². The Bertz CT molecular complexity index is 849. The summed E-state index contributed by atoms with van der Waals surface area (Å²) in [7, 11) is 7.50. The fourth-order valence-electron chi connectivity index (χ4n) is 5.84. The van der Waals surface area contributed by atoms with Crippen LogP contribution < -0.4 is 20.1 Å². The molecule has 2 aromatic carbocycles. The van der Waals surface area contributed by atoms with Crippen molar-refractivity contribution in [1.29, 1.82) is 0 Å². The van der Waals surface area contributed by atoms with Crippen LogP contribution in [0.3, 0.4) is 0 Å². The summed E-state index contributed by atoms with van der Waals surface area (Å²) in [5.74, 6) is 3.43. The predicted molar refractivity (Wildman–Crippen MR) is 140 cm³/mol. The zero-order valence-electron chi connectivity index (χ0n) is 21.7. The molecule has 0 aromatic heterocycles. The fraction of sp³-hybridized carbons (Fsp3) is 0.571. The minimum absolute atomic E-state index is 0.525. The van der Waals surface area contributed by atoms with E-state index in [-0.39, 0.29) is 0 Å². The quantitative estimate of drug-likeness (QED) is 0.497. The molecular formula is C28H42NO2P. The van der Waals surface area contributed by atoms with Gasteiger partial charge < -0.3 is 14.4 Å². The van der Waals surface area contributed by atoms with Crippen molar-refractivity contribution in [2.24, 2.45) is 11.8 Å². The van der Waals surface area contributed by atoms with Gasteiger partial charge in [0, 0.05) is 6.04 Å². The second-order valence-corrected chi connectivity index (χ2v) is 12.4. The maximum absolute atomic E-state index is 5.71. The number of ether oxygens (including phenoxy) is 2. The Hall–Kier alpha value is -1.57. The maximum Gasteiger partial charge on any atom is 0.124 e. The summed E-state index contributed by atoms with van der Waals surface area (Å²) in [6.07, 6.45) is 2.63. The highest BCUT2D eigenvalue weighted by Gasteiger charge is 2.43. The van der Waals surface area contributed by atoms with Gasteiger partial charge in [0.25, 0.3) is 0 Å². The molecule has 0 heterocycles. The number of aryl methyl sites for hydroxylation is 4. The summed E-state index contributed by atoms with van der Waals surface area (Å²) in [6, 6.07) is 10.2.